The molecule has 1 fully saturated rings. The predicted octanol–water partition coefficient (Wildman–Crippen LogP) is 3.10. The Morgan fingerprint density at radius 1 is 1.36 bits per heavy atom. The second kappa shape index (κ2) is 10.8. The van der Waals surface area contributed by atoms with Crippen LogP contribution >= 0.6 is 24.0 Å². The number of benzene rings is 1. The summed E-state index contributed by atoms with van der Waals surface area (Å²) in [5, 5.41) is 3.41. The molecular weight excluding hydrogens is 389 g/mol. The molecule has 1 aliphatic rings. The third kappa shape index (κ3) is 5.76. The zero-order chi connectivity index (χ0) is 14.9. The standard InChI is InChI=1S/C17H27N3O.HI/c1-3-18-17(19-11-7-13-21-2)20-12-10-16(14-20)15-8-5-4-6-9-15;/h4-6,8-9,16H,3,7,10-14H2,1-2H3,(H,18,19);1H. The molecule has 1 N–H and O–H groups in total. The van der Waals surface area contributed by atoms with Crippen LogP contribution in [0.5, 0.6) is 0 Å². The highest BCUT2D eigenvalue weighted by Gasteiger charge is 2.25. The maximum atomic E-state index is 5.08. The van der Waals surface area contributed by atoms with Crippen molar-refractivity contribution in [3.8, 4) is 0 Å². The van der Waals surface area contributed by atoms with Crippen LogP contribution in [0.4, 0.5) is 0 Å². The van der Waals surface area contributed by atoms with Crippen LogP contribution in [0, 0.1) is 0 Å². The molecule has 22 heavy (non-hydrogen) atoms. The number of hydrogen-bond acceptors (Lipinski definition) is 2. The van der Waals surface area contributed by atoms with Crippen LogP contribution in [0.25, 0.3) is 0 Å². The molecular formula is C17H28IN3O. The van der Waals surface area contributed by atoms with E-state index in [2.05, 4.69) is 47.5 Å². The average molecular weight is 417 g/mol. The van der Waals surface area contributed by atoms with Gasteiger partial charge in [0.1, 0.15) is 0 Å². The largest absolute Gasteiger partial charge is 0.385 e. The third-order valence-electron chi connectivity index (χ3n) is 3.86. The highest BCUT2D eigenvalue weighted by Crippen LogP contribution is 2.26. The summed E-state index contributed by atoms with van der Waals surface area (Å²) in [6.07, 6.45) is 2.17. The Balaban J connectivity index is 0.00000242. The number of ether oxygens (including phenoxy) is 1. The molecule has 124 valence electrons. The Morgan fingerprint density at radius 2 is 2.14 bits per heavy atom. The monoisotopic (exact) mass is 417 g/mol. The zero-order valence-corrected chi connectivity index (χ0v) is 16.0. The van der Waals surface area contributed by atoms with Crippen LogP contribution in [0.15, 0.2) is 35.3 Å². The molecule has 1 aromatic carbocycles. The Hall–Kier alpha value is -0.820. The first kappa shape index (κ1) is 19.2. The van der Waals surface area contributed by atoms with E-state index in [1.54, 1.807) is 7.11 Å². The predicted molar refractivity (Wildman–Crippen MR) is 103 cm³/mol. The number of guanidine groups is 1. The lowest BCUT2D eigenvalue weighted by atomic mass is 9.99. The number of halogens is 1. The quantitative estimate of drug-likeness (QED) is 0.335. The van der Waals surface area contributed by atoms with Crippen LogP contribution in [-0.4, -0.2) is 50.8 Å². The topological polar surface area (TPSA) is 36.9 Å². The van der Waals surface area contributed by atoms with Gasteiger partial charge in [0, 0.05) is 45.8 Å². The lowest BCUT2D eigenvalue weighted by Crippen LogP contribution is -2.40. The molecule has 1 atom stereocenters. The second-order valence-corrected chi connectivity index (χ2v) is 5.42. The number of nitrogens with zero attached hydrogens (tertiary/aromatic N) is 2. The van der Waals surface area contributed by atoms with Crippen molar-refractivity contribution >= 4 is 29.9 Å². The maximum absolute atomic E-state index is 5.08. The van der Waals surface area contributed by atoms with Crippen LogP contribution in [-0.2, 0) is 4.74 Å². The Bertz CT molecular complexity index is 439. The van der Waals surface area contributed by atoms with Gasteiger partial charge in [0.2, 0.25) is 0 Å². The molecule has 4 nitrogen and oxygen atoms in total. The van der Waals surface area contributed by atoms with Crippen LogP contribution < -0.4 is 5.32 Å². The summed E-state index contributed by atoms with van der Waals surface area (Å²) in [6, 6.07) is 10.8. The maximum Gasteiger partial charge on any atom is 0.193 e. The van der Waals surface area contributed by atoms with Crippen LogP contribution in [0.3, 0.4) is 0 Å². The van der Waals surface area contributed by atoms with Crippen molar-refractivity contribution in [2.75, 3.05) is 39.9 Å². The molecule has 0 spiro atoms. The van der Waals surface area contributed by atoms with Crippen LogP contribution in [0.1, 0.15) is 31.2 Å². The highest BCUT2D eigenvalue weighted by atomic mass is 127. The van der Waals surface area contributed by atoms with E-state index < -0.39 is 0 Å². The van der Waals surface area contributed by atoms with E-state index in [0.717, 1.165) is 45.2 Å². The van der Waals surface area contributed by atoms with E-state index in [-0.39, 0.29) is 24.0 Å². The van der Waals surface area contributed by atoms with Crippen LogP contribution in [0.2, 0.25) is 0 Å². The van der Waals surface area contributed by atoms with Gasteiger partial charge in [-0.3, -0.25) is 4.99 Å². The van der Waals surface area contributed by atoms with Gasteiger partial charge in [-0.2, -0.15) is 0 Å². The van der Waals surface area contributed by atoms with Gasteiger partial charge in [-0.1, -0.05) is 30.3 Å². The summed E-state index contributed by atoms with van der Waals surface area (Å²) >= 11 is 0. The fourth-order valence-electron chi connectivity index (χ4n) is 2.77. The van der Waals surface area contributed by atoms with E-state index in [9.17, 15) is 0 Å². The number of aliphatic imine (C=N–C) groups is 1. The summed E-state index contributed by atoms with van der Waals surface area (Å²) in [5.41, 5.74) is 1.44. The SMILES string of the molecule is CCNC(=NCCCOC)N1CCC(c2ccccc2)C1.I. The van der Waals surface area contributed by atoms with E-state index in [4.69, 9.17) is 9.73 Å². The van der Waals surface area contributed by atoms with Crippen molar-refractivity contribution in [3.05, 3.63) is 35.9 Å². The molecule has 1 heterocycles. The van der Waals surface area contributed by atoms with Crippen molar-refractivity contribution in [3.63, 3.8) is 0 Å². The first-order valence-electron chi connectivity index (χ1n) is 7.92. The number of methoxy groups -OCH3 is 1. The van der Waals surface area contributed by atoms with Gasteiger partial charge in [0.15, 0.2) is 5.96 Å². The minimum atomic E-state index is 0. The van der Waals surface area contributed by atoms with E-state index in [1.807, 2.05) is 0 Å². The third-order valence-corrected chi connectivity index (χ3v) is 3.86. The molecule has 0 amide bonds. The van der Waals surface area contributed by atoms with E-state index in [1.165, 1.54) is 12.0 Å². The van der Waals surface area contributed by atoms with Gasteiger partial charge in [-0.15, -0.1) is 24.0 Å². The summed E-state index contributed by atoms with van der Waals surface area (Å²) < 4.78 is 5.08. The second-order valence-electron chi connectivity index (χ2n) is 5.42. The molecule has 1 aromatic rings. The fraction of sp³-hybridized carbons (Fsp3) is 0.588. The lowest BCUT2D eigenvalue weighted by molar-refractivity contribution is 0.197. The first-order valence-corrected chi connectivity index (χ1v) is 7.92. The first-order chi connectivity index (χ1) is 10.3. The number of rotatable bonds is 6. The number of nitrogens with one attached hydrogen (secondary N) is 1. The highest BCUT2D eigenvalue weighted by molar-refractivity contribution is 14.0. The van der Waals surface area contributed by atoms with Gasteiger partial charge in [-0.05, 0) is 25.3 Å². The molecule has 0 aromatic heterocycles. The molecule has 0 aliphatic carbocycles. The van der Waals surface area contributed by atoms with Crippen molar-refractivity contribution in [2.45, 2.75) is 25.7 Å². The molecule has 1 saturated heterocycles. The molecule has 0 radical (unpaired) electrons. The van der Waals surface area contributed by atoms with Gasteiger partial charge in [-0.25, -0.2) is 0 Å². The van der Waals surface area contributed by atoms with E-state index in [0.29, 0.717) is 5.92 Å². The van der Waals surface area contributed by atoms with Gasteiger partial charge in [0.25, 0.3) is 0 Å². The summed E-state index contributed by atoms with van der Waals surface area (Å²) in [4.78, 5) is 7.10. The van der Waals surface area contributed by atoms with Gasteiger partial charge < -0.3 is 15.0 Å². The Labute approximate surface area is 151 Å². The minimum Gasteiger partial charge on any atom is -0.385 e. The minimum absolute atomic E-state index is 0. The van der Waals surface area contributed by atoms with Crippen molar-refractivity contribution in [1.29, 1.82) is 0 Å². The zero-order valence-electron chi connectivity index (χ0n) is 13.6. The lowest BCUT2D eigenvalue weighted by Gasteiger charge is -2.21. The summed E-state index contributed by atoms with van der Waals surface area (Å²) in [7, 11) is 1.74. The van der Waals surface area contributed by atoms with E-state index >= 15 is 0 Å². The fourth-order valence-corrected chi connectivity index (χ4v) is 2.77. The van der Waals surface area contributed by atoms with Crippen molar-refractivity contribution in [1.82, 2.24) is 10.2 Å². The summed E-state index contributed by atoms with van der Waals surface area (Å²) in [6.45, 7) is 6.76. The smallest absolute Gasteiger partial charge is 0.193 e. The molecule has 0 bridgehead atoms. The van der Waals surface area contributed by atoms with Gasteiger partial charge in [0.05, 0.1) is 0 Å². The normalized spacial score (nSPS) is 18.2. The number of likely N-dealkylation sites (tertiary alicyclic amines) is 1. The molecule has 1 unspecified atom stereocenters. The average Bonchev–Trinajstić information content (AvgIpc) is 3.01. The molecule has 1 aliphatic heterocycles. The Morgan fingerprint density at radius 3 is 2.82 bits per heavy atom. The Kier molecular flexibility index (Phi) is 9.47. The molecule has 2 rings (SSSR count). The molecule has 0 saturated carbocycles. The number of hydrogen-bond donors (Lipinski definition) is 1. The van der Waals surface area contributed by atoms with Crippen molar-refractivity contribution < 1.29 is 4.74 Å². The van der Waals surface area contributed by atoms with Gasteiger partial charge >= 0.3 is 0 Å². The molecule has 5 heteroatoms. The summed E-state index contributed by atoms with van der Waals surface area (Å²) in [5.74, 6) is 1.67. The van der Waals surface area contributed by atoms with Crippen molar-refractivity contribution in [2.24, 2.45) is 4.99 Å².